The van der Waals surface area contributed by atoms with E-state index in [-0.39, 0.29) is 18.9 Å². The zero-order chi connectivity index (χ0) is 23.3. The van der Waals surface area contributed by atoms with Crippen molar-refractivity contribution in [2.45, 2.75) is 44.2 Å². The van der Waals surface area contributed by atoms with Gasteiger partial charge in [-0.25, -0.2) is 13.6 Å². The molecular formula is C23H24F2N2O5. The first-order valence-corrected chi connectivity index (χ1v) is 10.2. The molecule has 3 N–H and O–H groups in total. The number of hydrogen-bond donors (Lipinski definition) is 3. The van der Waals surface area contributed by atoms with E-state index in [4.69, 9.17) is 9.84 Å². The molecule has 9 heteroatoms. The van der Waals surface area contributed by atoms with E-state index in [1.807, 2.05) is 53.8 Å². The number of alkyl halides is 2. The van der Waals surface area contributed by atoms with Crippen LogP contribution in [0.2, 0.25) is 0 Å². The first-order chi connectivity index (χ1) is 15.3. The van der Waals surface area contributed by atoms with Crippen LogP contribution >= 0.6 is 0 Å². The Labute approximate surface area is 183 Å². The fourth-order valence-electron chi connectivity index (χ4n) is 3.81. The highest BCUT2D eigenvalue weighted by Gasteiger charge is 2.31. The van der Waals surface area contributed by atoms with Crippen molar-refractivity contribution >= 4 is 18.0 Å². The largest absolute Gasteiger partial charge is 0.481 e. The molecule has 1 aliphatic rings. The number of ether oxygens (including phenoxy) is 1. The lowest BCUT2D eigenvalue weighted by Crippen LogP contribution is -2.51. The Morgan fingerprint density at radius 3 is 2.06 bits per heavy atom. The molecule has 0 spiro atoms. The van der Waals surface area contributed by atoms with Crippen LogP contribution < -0.4 is 10.6 Å². The van der Waals surface area contributed by atoms with Gasteiger partial charge < -0.3 is 20.5 Å². The van der Waals surface area contributed by atoms with Gasteiger partial charge in [-0.3, -0.25) is 9.59 Å². The summed E-state index contributed by atoms with van der Waals surface area (Å²) in [4.78, 5) is 35.4. The fraction of sp³-hybridized carbons (Fsp3) is 0.348. The topological polar surface area (TPSA) is 105 Å². The molecule has 2 aromatic rings. The van der Waals surface area contributed by atoms with Crippen LogP contribution in [0.5, 0.6) is 0 Å². The number of carboxylic acid groups (broad SMARTS) is 1. The maximum Gasteiger partial charge on any atom is 0.407 e. The number of nitrogens with one attached hydrogen (secondary N) is 2. The number of amides is 2. The molecule has 2 atom stereocenters. The number of hydrogen-bond acceptors (Lipinski definition) is 4. The molecule has 1 aliphatic carbocycles. The molecule has 170 valence electrons. The summed E-state index contributed by atoms with van der Waals surface area (Å²) < 4.78 is 31.4. The van der Waals surface area contributed by atoms with Crippen LogP contribution in [0.15, 0.2) is 48.5 Å². The summed E-state index contributed by atoms with van der Waals surface area (Å²) in [6, 6.07) is 12.6. The van der Waals surface area contributed by atoms with Gasteiger partial charge >= 0.3 is 12.1 Å². The first-order valence-electron chi connectivity index (χ1n) is 10.2. The van der Waals surface area contributed by atoms with Gasteiger partial charge in [0.25, 0.3) is 6.43 Å². The van der Waals surface area contributed by atoms with Crippen molar-refractivity contribution < 1.29 is 33.0 Å². The Hall–Kier alpha value is -3.49. The number of carbonyl (C=O) groups excluding carboxylic acids is 2. The van der Waals surface area contributed by atoms with E-state index in [1.165, 1.54) is 0 Å². The Morgan fingerprint density at radius 1 is 1.00 bits per heavy atom. The Kier molecular flexibility index (Phi) is 7.40. The summed E-state index contributed by atoms with van der Waals surface area (Å²) in [7, 11) is 0. The van der Waals surface area contributed by atoms with Gasteiger partial charge in [0.2, 0.25) is 5.91 Å². The molecule has 32 heavy (non-hydrogen) atoms. The van der Waals surface area contributed by atoms with Crippen LogP contribution in [-0.2, 0) is 14.3 Å². The van der Waals surface area contributed by atoms with E-state index in [9.17, 15) is 23.2 Å². The van der Waals surface area contributed by atoms with Crippen molar-refractivity contribution in [2.75, 3.05) is 6.61 Å². The lowest BCUT2D eigenvalue weighted by atomic mass is 9.98. The van der Waals surface area contributed by atoms with Crippen molar-refractivity contribution in [2.24, 2.45) is 0 Å². The third kappa shape index (κ3) is 5.22. The lowest BCUT2D eigenvalue weighted by molar-refractivity contribution is -0.139. The standard InChI is InChI=1S/C23H24F2N2O5/c1-2-18(22(30)26-19(21(24)25)11-20(28)29)27-23(31)32-12-17-15-9-5-3-7-13(15)14-8-4-6-10-16(14)17/h3-10,17-19,21H,2,11-12H2,1H3,(H,26,30)(H,27,31)(H,28,29)/t18-,19?/m0/s1. The number of alkyl carbamates (subject to hydrolysis) is 1. The number of benzene rings is 2. The molecule has 0 saturated heterocycles. The predicted molar refractivity (Wildman–Crippen MR) is 112 cm³/mol. The highest BCUT2D eigenvalue weighted by molar-refractivity contribution is 5.86. The summed E-state index contributed by atoms with van der Waals surface area (Å²) in [5.41, 5.74) is 4.19. The van der Waals surface area contributed by atoms with E-state index in [1.54, 1.807) is 6.92 Å². The van der Waals surface area contributed by atoms with Crippen LogP contribution in [0.1, 0.15) is 36.8 Å². The summed E-state index contributed by atoms with van der Waals surface area (Å²) in [6.45, 7) is 1.62. The molecule has 2 amide bonds. The Bertz CT molecular complexity index is 952. The van der Waals surface area contributed by atoms with Crippen LogP contribution in [0.25, 0.3) is 11.1 Å². The fourth-order valence-corrected chi connectivity index (χ4v) is 3.81. The maximum absolute atomic E-state index is 13.0. The number of rotatable bonds is 9. The highest BCUT2D eigenvalue weighted by Crippen LogP contribution is 2.44. The Balaban J connectivity index is 1.61. The molecule has 0 saturated carbocycles. The molecule has 7 nitrogen and oxygen atoms in total. The number of aliphatic carboxylic acids is 1. The third-order valence-electron chi connectivity index (χ3n) is 5.39. The smallest absolute Gasteiger partial charge is 0.407 e. The molecule has 2 aromatic carbocycles. The first kappa shape index (κ1) is 23.2. The molecular weight excluding hydrogens is 422 g/mol. The number of carbonyl (C=O) groups is 3. The van der Waals surface area contributed by atoms with Gasteiger partial charge in [0.1, 0.15) is 18.7 Å². The van der Waals surface area contributed by atoms with Crippen molar-refractivity contribution in [1.29, 1.82) is 0 Å². The molecule has 0 heterocycles. The van der Waals surface area contributed by atoms with Crippen LogP contribution in [0.3, 0.4) is 0 Å². The molecule has 0 aliphatic heterocycles. The van der Waals surface area contributed by atoms with E-state index in [0.717, 1.165) is 22.3 Å². The summed E-state index contributed by atoms with van der Waals surface area (Å²) in [5, 5.41) is 13.1. The number of halogens is 2. The van der Waals surface area contributed by atoms with Gasteiger partial charge in [0.15, 0.2) is 0 Å². The quantitative estimate of drug-likeness (QED) is 0.547. The number of fused-ring (bicyclic) bond motifs is 3. The van der Waals surface area contributed by atoms with E-state index >= 15 is 0 Å². The SMILES string of the molecule is CC[C@H](NC(=O)OCC1c2ccccc2-c2ccccc21)C(=O)NC(CC(=O)O)C(F)F. The predicted octanol–water partition coefficient (Wildman–Crippen LogP) is 3.53. The normalized spacial score (nSPS) is 14.2. The molecule has 0 aromatic heterocycles. The third-order valence-corrected chi connectivity index (χ3v) is 5.39. The monoisotopic (exact) mass is 446 g/mol. The highest BCUT2D eigenvalue weighted by atomic mass is 19.3. The second-order valence-electron chi connectivity index (χ2n) is 7.48. The van der Waals surface area contributed by atoms with E-state index in [2.05, 4.69) is 5.32 Å². The average molecular weight is 446 g/mol. The van der Waals surface area contributed by atoms with Gasteiger partial charge in [-0.15, -0.1) is 0 Å². The van der Waals surface area contributed by atoms with Gasteiger partial charge in [0, 0.05) is 5.92 Å². The van der Waals surface area contributed by atoms with Crippen molar-refractivity contribution in [3.8, 4) is 11.1 Å². The minimum absolute atomic E-state index is 0.0383. The van der Waals surface area contributed by atoms with Crippen molar-refractivity contribution in [3.63, 3.8) is 0 Å². The van der Waals surface area contributed by atoms with E-state index in [0.29, 0.717) is 0 Å². The van der Waals surface area contributed by atoms with Gasteiger partial charge in [-0.1, -0.05) is 55.5 Å². The van der Waals surface area contributed by atoms with Gasteiger partial charge in [0.05, 0.1) is 6.42 Å². The summed E-state index contributed by atoms with van der Waals surface area (Å²) in [5.74, 6) is -2.53. The minimum Gasteiger partial charge on any atom is -0.481 e. The van der Waals surface area contributed by atoms with Gasteiger partial charge in [-0.2, -0.15) is 0 Å². The second kappa shape index (κ2) is 10.2. The van der Waals surface area contributed by atoms with Crippen molar-refractivity contribution in [1.82, 2.24) is 10.6 Å². The molecule has 1 unspecified atom stereocenters. The molecule has 0 fully saturated rings. The van der Waals surface area contributed by atoms with Crippen molar-refractivity contribution in [3.05, 3.63) is 59.7 Å². The maximum atomic E-state index is 13.0. The number of carboxylic acids is 1. The molecule has 0 bridgehead atoms. The second-order valence-corrected chi connectivity index (χ2v) is 7.48. The zero-order valence-electron chi connectivity index (χ0n) is 17.4. The van der Waals surface area contributed by atoms with Crippen LogP contribution in [0, 0.1) is 0 Å². The Morgan fingerprint density at radius 2 is 1.56 bits per heavy atom. The average Bonchev–Trinajstić information content (AvgIpc) is 3.09. The van der Waals surface area contributed by atoms with Crippen LogP contribution in [0.4, 0.5) is 13.6 Å². The summed E-state index contributed by atoms with van der Waals surface area (Å²) in [6.07, 6.45) is -4.73. The lowest BCUT2D eigenvalue weighted by Gasteiger charge is -2.22. The molecule has 0 radical (unpaired) electrons. The van der Waals surface area contributed by atoms with Crippen LogP contribution in [-0.4, -0.2) is 48.2 Å². The zero-order valence-corrected chi connectivity index (χ0v) is 17.4. The van der Waals surface area contributed by atoms with E-state index < -0.39 is 42.9 Å². The van der Waals surface area contributed by atoms with Gasteiger partial charge in [-0.05, 0) is 28.7 Å². The summed E-state index contributed by atoms with van der Waals surface area (Å²) >= 11 is 0. The minimum atomic E-state index is -3.05. The molecule has 3 rings (SSSR count).